The van der Waals surface area contributed by atoms with Crippen molar-refractivity contribution < 1.29 is 32.3 Å². The molecule has 0 aliphatic carbocycles. The number of anilines is 1. The summed E-state index contributed by atoms with van der Waals surface area (Å²) >= 11 is 0.819. The zero-order valence-electron chi connectivity index (χ0n) is 22.2. The van der Waals surface area contributed by atoms with Crippen LogP contribution in [0, 0.1) is 6.92 Å². The third-order valence-electron chi connectivity index (χ3n) is 6.39. The molecule has 0 radical (unpaired) electrons. The number of rotatable bonds is 10. The van der Waals surface area contributed by atoms with Gasteiger partial charge in [0.05, 0.1) is 19.0 Å². The molecule has 0 saturated heterocycles. The van der Waals surface area contributed by atoms with Crippen LogP contribution in [-0.2, 0) is 13.2 Å². The Bertz CT molecular complexity index is 1760. The van der Waals surface area contributed by atoms with E-state index in [0.717, 1.165) is 17.0 Å². The molecule has 212 valence electrons. The van der Waals surface area contributed by atoms with Crippen LogP contribution in [0.5, 0.6) is 11.5 Å². The summed E-state index contributed by atoms with van der Waals surface area (Å²) in [5, 5.41) is 7.32. The molecule has 41 heavy (non-hydrogen) atoms. The van der Waals surface area contributed by atoms with Crippen molar-refractivity contribution in [3.8, 4) is 22.6 Å². The fourth-order valence-corrected chi connectivity index (χ4v) is 5.42. The lowest BCUT2D eigenvalue weighted by atomic mass is 10.0. The number of hydrogen-bond donors (Lipinski definition) is 2. The molecule has 4 aromatic heterocycles. The molecule has 0 atom stereocenters. The van der Waals surface area contributed by atoms with E-state index in [4.69, 9.17) is 19.6 Å². The number of para-hydroxylation sites is 2. The van der Waals surface area contributed by atoms with Crippen molar-refractivity contribution in [3.05, 3.63) is 76.4 Å². The Balaban J connectivity index is 1.51. The number of amides is 2. The molecule has 4 heterocycles. The van der Waals surface area contributed by atoms with E-state index in [9.17, 15) is 18.4 Å². The molecular weight excluding hydrogens is 556 g/mol. The number of benzene rings is 1. The topological polar surface area (TPSA) is 134 Å². The summed E-state index contributed by atoms with van der Waals surface area (Å²) in [4.78, 5) is 29.8. The number of furan rings is 1. The van der Waals surface area contributed by atoms with Crippen LogP contribution >= 0.6 is 11.3 Å². The molecule has 0 bridgehead atoms. The number of hydrogen-bond acceptors (Lipinski definition) is 8. The van der Waals surface area contributed by atoms with E-state index < -0.39 is 23.9 Å². The van der Waals surface area contributed by atoms with Crippen molar-refractivity contribution in [2.45, 2.75) is 33.4 Å². The van der Waals surface area contributed by atoms with Gasteiger partial charge in [0.15, 0.2) is 17.3 Å². The number of methoxy groups -OCH3 is 1. The van der Waals surface area contributed by atoms with Crippen molar-refractivity contribution in [1.29, 1.82) is 0 Å². The van der Waals surface area contributed by atoms with Crippen LogP contribution in [0.15, 0.2) is 53.1 Å². The second-order valence-electron chi connectivity index (χ2n) is 8.87. The standard InChI is InChI=1S/C28H25F2N5O5S/c1-4-35-14(2)17(12-32-35)16-11-18(25(29)30)33-28-22(16)23(24(41-28)26(31)36)34-27(37)21-10-9-15(40-21)13-39-20-8-6-5-7-19(20)38-3/h5-12,25H,4,13H2,1-3H3,(H2,31,36)(H,34,37). The predicted octanol–water partition coefficient (Wildman–Crippen LogP) is 5.96. The van der Waals surface area contributed by atoms with E-state index in [1.54, 1.807) is 42.1 Å². The number of carbonyl (C=O) groups is 2. The number of thiophene rings is 1. The van der Waals surface area contributed by atoms with Gasteiger partial charge in [-0.3, -0.25) is 14.3 Å². The third kappa shape index (κ3) is 5.35. The molecule has 0 spiro atoms. The van der Waals surface area contributed by atoms with Gasteiger partial charge in [0.25, 0.3) is 18.2 Å². The van der Waals surface area contributed by atoms with Crippen LogP contribution in [-0.4, -0.2) is 33.7 Å². The summed E-state index contributed by atoms with van der Waals surface area (Å²) in [7, 11) is 1.53. The first kappa shape index (κ1) is 27.8. The molecule has 0 fully saturated rings. The predicted molar refractivity (Wildman–Crippen MR) is 149 cm³/mol. The highest BCUT2D eigenvalue weighted by Gasteiger charge is 2.27. The number of alkyl halides is 2. The molecule has 13 heteroatoms. The summed E-state index contributed by atoms with van der Waals surface area (Å²) < 4.78 is 46.0. The van der Waals surface area contributed by atoms with E-state index in [-0.39, 0.29) is 27.8 Å². The molecule has 0 unspecified atom stereocenters. The number of halogens is 2. The first-order chi connectivity index (χ1) is 19.7. The number of nitrogens with two attached hydrogens (primary N) is 1. The summed E-state index contributed by atoms with van der Waals surface area (Å²) in [6, 6.07) is 11.4. The zero-order valence-corrected chi connectivity index (χ0v) is 23.1. The number of primary amides is 1. The van der Waals surface area contributed by atoms with Gasteiger partial charge in [0, 0.05) is 23.2 Å². The van der Waals surface area contributed by atoms with Crippen molar-refractivity contribution in [2.75, 3.05) is 12.4 Å². The summed E-state index contributed by atoms with van der Waals surface area (Å²) in [6.45, 7) is 4.28. The average Bonchev–Trinajstić information content (AvgIpc) is 3.68. The molecule has 3 N–H and O–H groups in total. The maximum atomic E-state index is 13.8. The number of nitrogens with one attached hydrogen (secondary N) is 1. The molecular formula is C28H25F2N5O5S. The normalized spacial score (nSPS) is 11.3. The van der Waals surface area contributed by atoms with Gasteiger partial charge >= 0.3 is 0 Å². The largest absolute Gasteiger partial charge is 0.493 e. The van der Waals surface area contributed by atoms with E-state index in [2.05, 4.69) is 15.4 Å². The number of nitrogens with zero attached hydrogens (tertiary/aromatic N) is 3. The molecule has 5 aromatic rings. The van der Waals surface area contributed by atoms with E-state index in [1.165, 1.54) is 19.2 Å². The fraction of sp³-hybridized carbons (Fsp3) is 0.214. The van der Waals surface area contributed by atoms with E-state index in [1.807, 2.05) is 13.0 Å². The van der Waals surface area contributed by atoms with Gasteiger partial charge < -0.3 is 24.9 Å². The van der Waals surface area contributed by atoms with Crippen LogP contribution in [0.25, 0.3) is 21.3 Å². The Labute approximate surface area is 236 Å². The van der Waals surface area contributed by atoms with Crippen LogP contribution < -0.4 is 20.5 Å². The summed E-state index contributed by atoms with van der Waals surface area (Å²) in [5.41, 5.74) is 6.83. The minimum Gasteiger partial charge on any atom is -0.493 e. The molecule has 0 aliphatic rings. The summed E-state index contributed by atoms with van der Waals surface area (Å²) in [5.74, 6) is -0.192. The maximum absolute atomic E-state index is 13.8. The monoisotopic (exact) mass is 581 g/mol. The van der Waals surface area contributed by atoms with Gasteiger partial charge in [-0.2, -0.15) is 5.10 Å². The Morgan fingerprint density at radius 3 is 2.59 bits per heavy atom. The second kappa shape index (κ2) is 11.4. The molecule has 1 aromatic carbocycles. The highest BCUT2D eigenvalue weighted by atomic mass is 32.1. The lowest BCUT2D eigenvalue weighted by Gasteiger charge is -2.11. The second-order valence-corrected chi connectivity index (χ2v) is 9.86. The van der Waals surface area contributed by atoms with Crippen LogP contribution in [0.3, 0.4) is 0 Å². The van der Waals surface area contributed by atoms with Crippen molar-refractivity contribution in [3.63, 3.8) is 0 Å². The SMILES string of the molecule is CCn1ncc(-c2cc(C(F)F)nc3sc(C(N)=O)c(NC(=O)c4ccc(COc5ccccc5OC)o4)c23)c1C. The molecule has 5 rings (SSSR count). The highest BCUT2D eigenvalue weighted by molar-refractivity contribution is 7.21. The van der Waals surface area contributed by atoms with Gasteiger partial charge in [0.2, 0.25) is 0 Å². The lowest BCUT2D eigenvalue weighted by molar-refractivity contribution is 0.0992. The average molecular weight is 582 g/mol. The van der Waals surface area contributed by atoms with E-state index in [0.29, 0.717) is 40.3 Å². The fourth-order valence-electron chi connectivity index (χ4n) is 4.40. The molecule has 10 nitrogen and oxygen atoms in total. The van der Waals surface area contributed by atoms with Crippen molar-refractivity contribution >= 4 is 39.1 Å². The van der Waals surface area contributed by atoms with E-state index >= 15 is 0 Å². The maximum Gasteiger partial charge on any atom is 0.291 e. The summed E-state index contributed by atoms with van der Waals surface area (Å²) in [6.07, 6.45) is -1.31. The molecule has 0 aliphatic heterocycles. The molecule has 2 amide bonds. The van der Waals surface area contributed by atoms with Gasteiger partial charge in [0.1, 0.15) is 27.8 Å². The number of ether oxygens (including phenoxy) is 2. The Morgan fingerprint density at radius 1 is 1.17 bits per heavy atom. The lowest BCUT2D eigenvalue weighted by Crippen LogP contribution is -2.16. The Morgan fingerprint density at radius 2 is 1.93 bits per heavy atom. The van der Waals surface area contributed by atoms with Gasteiger partial charge in [-0.15, -0.1) is 11.3 Å². The number of carbonyl (C=O) groups excluding carboxylic acids is 2. The Hall–Kier alpha value is -4.78. The zero-order chi connectivity index (χ0) is 29.3. The third-order valence-corrected chi connectivity index (χ3v) is 7.48. The van der Waals surface area contributed by atoms with Crippen LogP contribution in [0.2, 0.25) is 0 Å². The van der Waals surface area contributed by atoms with Crippen molar-refractivity contribution in [1.82, 2.24) is 14.8 Å². The number of aromatic nitrogens is 3. The smallest absolute Gasteiger partial charge is 0.291 e. The molecule has 0 saturated carbocycles. The van der Waals surface area contributed by atoms with Crippen LogP contribution in [0.4, 0.5) is 14.5 Å². The number of pyridine rings is 1. The van der Waals surface area contributed by atoms with Gasteiger partial charge in [-0.05, 0) is 49.7 Å². The van der Waals surface area contributed by atoms with Gasteiger partial charge in [-0.25, -0.2) is 13.8 Å². The van der Waals surface area contributed by atoms with Crippen molar-refractivity contribution in [2.24, 2.45) is 5.73 Å². The first-order valence-corrected chi connectivity index (χ1v) is 13.3. The quantitative estimate of drug-likeness (QED) is 0.208. The Kier molecular flexibility index (Phi) is 7.70. The highest BCUT2D eigenvalue weighted by Crippen LogP contribution is 2.43. The minimum absolute atomic E-state index is 0.0206. The minimum atomic E-state index is -2.86. The first-order valence-electron chi connectivity index (χ1n) is 12.5. The van der Waals surface area contributed by atoms with Crippen LogP contribution in [0.1, 0.15) is 50.7 Å². The number of aryl methyl sites for hydroxylation is 1. The number of fused-ring (bicyclic) bond motifs is 1. The van der Waals surface area contributed by atoms with Gasteiger partial charge in [-0.1, -0.05) is 12.1 Å².